The zero-order valence-electron chi connectivity index (χ0n) is 21.8. The SMILES string of the molecule is CC(C)(C)c1nc(Nc2nc(Nc3ccc4c(c3)CCNC43CC3)ncc2C(=O)NCC(F)(F)F)ccc1F. The molecule has 12 heteroatoms. The average Bonchev–Trinajstić information content (AvgIpc) is 3.62. The van der Waals surface area contributed by atoms with E-state index in [4.69, 9.17) is 0 Å². The highest BCUT2D eigenvalue weighted by Gasteiger charge is 2.46. The molecular formula is C27H29F4N7O. The van der Waals surface area contributed by atoms with E-state index in [9.17, 15) is 22.4 Å². The van der Waals surface area contributed by atoms with E-state index in [1.165, 1.54) is 23.3 Å². The summed E-state index contributed by atoms with van der Waals surface area (Å²) in [5.74, 6) is -1.30. The van der Waals surface area contributed by atoms with E-state index < -0.39 is 29.9 Å². The monoisotopic (exact) mass is 543 g/mol. The highest BCUT2D eigenvalue weighted by Crippen LogP contribution is 2.49. The van der Waals surface area contributed by atoms with Crippen LogP contribution in [-0.2, 0) is 17.4 Å². The summed E-state index contributed by atoms with van der Waals surface area (Å²) in [6, 6.07) is 8.62. The van der Waals surface area contributed by atoms with Gasteiger partial charge in [0, 0.05) is 29.4 Å². The molecule has 0 radical (unpaired) electrons. The van der Waals surface area contributed by atoms with E-state index in [0.29, 0.717) is 0 Å². The number of halogens is 4. The average molecular weight is 544 g/mol. The van der Waals surface area contributed by atoms with Crippen LogP contribution in [0.3, 0.4) is 0 Å². The Morgan fingerprint density at radius 1 is 1.08 bits per heavy atom. The van der Waals surface area contributed by atoms with E-state index >= 15 is 0 Å². The fraction of sp³-hybridized carbons (Fsp3) is 0.407. The van der Waals surface area contributed by atoms with Crippen molar-refractivity contribution in [2.45, 2.75) is 57.2 Å². The van der Waals surface area contributed by atoms with Gasteiger partial charge in [-0.05, 0) is 54.7 Å². The van der Waals surface area contributed by atoms with Crippen molar-refractivity contribution in [1.29, 1.82) is 0 Å². The van der Waals surface area contributed by atoms with Gasteiger partial charge in [0.2, 0.25) is 5.95 Å². The lowest BCUT2D eigenvalue weighted by molar-refractivity contribution is -0.123. The summed E-state index contributed by atoms with van der Waals surface area (Å²) >= 11 is 0. The lowest BCUT2D eigenvalue weighted by atomic mass is 9.91. The Morgan fingerprint density at radius 3 is 2.54 bits per heavy atom. The summed E-state index contributed by atoms with van der Waals surface area (Å²) < 4.78 is 52.6. The number of fused-ring (bicyclic) bond motifs is 2. The smallest absolute Gasteiger partial charge is 0.343 e. The van der Waals surface area contributed by atoms with Crippen LogP contribution in [0.4, 0.5) is 40.8 Å². The second-order valence-corrected chi connectivity index (χ2v) is 10.9. The molecule has 2 aliphatic rings. The molecule has 1 aliphatic heterocycles. The summed E-state index contributed by atoms with van der Waals surface area (Å²) in [5, 5.41) is 11.4. The molecule has 1 amide bonds. The Kier molecular flexibility index (Phi) is 6.69. The molecule has 1 saturated carbocycles. The first-order valence-electron chi connectivity index (χ1n) is 12.6. The van der Waals surface area contributed by atoms with Crippen molar-refractivity contribution < 1.29 is 22.4 Å². The molecule has 8 nitrogen and oxygen atoms in total. The Balaban J connectivity index is 1.45. The fourth-order valence-corrected chi connectivity index (χ4v) is 4.72. The van der Waals surface area contributed by atoms with E-state index in [1.54, 1.807) is 20.8 Å². The maximum absolute atomic E-state index is 14.4. The van der Waals surface area contributed by atoms with Crippen LogP contribution in [0.5, 0.6) is 0 Å². The maximum Gasteiger partial charge on any atom is 0.405 e. The van der Waals surface area contributed by atoms with Crippen LogP contribution in [-0.4, -0.2) is 40.1 Å². The molecule has 0 saturated heterocycles. The van der Waals surface area contributed by atoms with Crippen LogP contribution < -0.4 is 21.3 Å². The molecule has 0 unspecified atom stereocenters. The van der Waals surface area contributed by atoms with Crippen LogP contribution in [0, 0.1) is 5.82 Å². The molecule has 1 spiro atoms. The van der Waals surface area contributed by atoms with Gasteiger partial charge in [-0.3, -0.25) is 4.79 Å². The number of benzene rings is 1. The normalized spacial score (nSPS) is 16.0. The number of pyridine rings is 1. The first-order valence-corrected chi connectivity index (χ1v) is 12.6. The summed E-state index contributed by atoms with van der Waals surface area (Å²) in [7, 11) is 0. The molecule has 4 N–H and O–H groups in total. The molecule has 2 aromatic heterocycles. The number of hydrogen-bond donors (Lipinski definition) is 4. The van der Waals surface area contributed by atoms with E-state index in [-0.39, 0.29) is 34.4 Å². The molecule has 39 heavy (non-hydrogen) atoms. The van der Waals surface area contributed by atoms with Crippen molar-refractivity contribution in [2.24, 2.45) is 0 Å². The lowest BCUT2D eigenvalue weighted by Gasteiger charge is -2.27. The predicted molar refractivity (Wildman–Crippen MR) is 139 cm³/mol. The topological polar surface area (TPSA) is 104 Å². The number of aromatic nitrogens is 3. The molecule has 1 fully saturated rings. The number of amides is 1. The maximum atomic E-state index is 14.4. The minimum atomic E-state index is -4.59. The molecular weight excluding hydrogens is 514 g/mol. The third-order valence-electron chi connectivity index (χ3n) is 6.77. The van der Waals surface area contributed by atoms with Gasteiger partial charge < -0.3 is 21.3 Å². The van der Waals surface area contributed by atoms with Gasteiger partial charge in [-0.15, -0.1) is 0 Å². The Labute approximate surface area is 223 Å². The van der Waals surface area contributed by atoms with Gasteiger partial charge in [0.05, 0.1) is 5.69 Å². The van der Waals surface area contributed by atoms with Gasteiger partial charge in [-0.25, -0.2) is 14.4 Å². The lowest BCUT2D eigenvalue weighted by Crippen LogP contribution is -2.36. The zero-order chi connectivity index (χ0) is 28.0. The number of alkyl halides is 3. The summed E-state index contributed by atoms with van der Waals surface area (Å²) in [4.78, 5) is 25.5. The van der Waals surface area contributed by atoms with Gasteiger partial charge in [-0.1, -0.05) is 26.8 Å². The first-order chi connectivity index (χ1) is 18.3. The van der Waals surface area contributed by atoms with Crippen LogP contribution in [0.25, 0.3) is 0 Å². The molecule has 1 aromatic carbocycles. The second kappa shape index (κ2) is 9.74. The minimum absolute atomic E-state index is 0.0785. The van der Waals surface area contributed by atoms with Crippen molar-refractivity contribution in [3.05, 3.63) is 64.7 Å². The van der Waals surface area contributed by atoms with Gasteiger partial charge in [-0.2, -0.15) is 18.2 Å². The van der Waals surface area contributed by atoms with Crippen LogP contribution in [0.1, 0.15) is 60.8 Å². The minimum Gasteiger partial charge on any atom is -0.343 e. The Morgan fingerprint density at radius 2 is 1.85 bits per heavy atom. The number of hydrogen-bond acceptors (Lipinski definition) is 7. The van der Waals surface area contributed by atoms with Crippen molar-refractivity contribution >= 4 is 29.2 Å². The Bertz CT molecular complexity index is 1410. The number of carbonyl (C=O) groups excluding carboxylic acids is 1. The van der Waals surface area contributed by atoms with Gasteiger partial charge in [0.15, 0.2) is 0 Å². The molecule has 1 aliphatic carbocycles. The first kappa shape index (κ1) is 26.8. The molecule has 0 bridgehead atoms. The predicted octanol–water partition coefficient (Wildman–Crippen LogP) is 5.22. The van der Waals surface area contributed by atoms with Crippen LogP contribution in [0.2, 0.25) is 0 Å². The van der Waals surface area contributed by atoms with Crippen LogP contribution >= 0.6 is 0 Å². The highest BCUT2D eigenvalue weighted by molar-refractivity contribution is 5.99. The molecule has 206 valence electrons. The third kappa shape index (κ3) is 5.95. The highest BCUT2D eigenvalue weighted by atomic mass is 19.4. The van der Waals surface area contributed by atoms with Gasteiger partial charge in [0.25, 0.3) is 5.91 Å². The summed E-state index contributed by atoms with van der Waals surface area (Å²) in [6.07, 6.45) is -0.356. The van der Waals surface area contributed by atoms with Crippen molar-refractivity contribution in [3.63, 3.8) is 0 Å². The fourth-order valence-electron chi connectivity index (χ4n) is 4.72. The number of rotatable bonds is 6. The quantitative estimate of drug-likeness (QED) is 0.316. The van der Waals surface area contributed by atoms with E-state index in [1.807, 2.05) is 17.4 Å². The second-order valence-electron chi connectivity index (χ2n) is 10.9. The summed E-state index contributed by atoms with van der Waals surface area (Å²) in [6.45, 7) is 4.77. The molecule has 0 atom stereocenters. The molecule has 3 aromatic rings. The zero-order valence-corrected chi connectivity index (χ0v) is 21.8. The number of anilines is 4. The van der Waals surface area contributed by atoms with Gasteiger partial charge in [0.1, 0.15) is 29.6 Å². The van der Waals surface area contributed by atoms with Crippen molar-refractivity contribution in [2.75, 3.05) is 23.7 Å². The molecule has 3 heterocycles. The van der Waals surface area contributed by atoms with Crippen LogP contribution in [0.15, 0.2) is 36.5 Å². The van der Waals surface area contributed by atoms with Crippen molar-refractivity contribution in [3.8, 4) is 0 Å². The third-order valence-corrected chi connectivity index (χ3v) is 6.77. The molecule has 5 rings (SSSR count). The van der Waals surface area contributed by atoms with Crippen molar-refractivity contribution in [1.82, 2.24) is 25.6 Å². The van der Waals surface area contributed by atoms with Gasteiger partial charge >= 0.3 is 6.18 Å². The standard InChI is InChI=1S/C27H29F4N7O/c1-25(2,3)21-19(28)6-7-20(36-21)37-22-17(23(39)33-14-27(29,30)31)13-32-24(38-22)35-16-4-5-18-15(12-16)8-11-34-26(18)9-10-26/h4-7,12-13,34H,8-11,14H2,1-3H3,(H,33,39)(H2,32,35,36,37,38). The van der Waals surface area contributed by atoms with E-state index in [0.717, 1.165) is 37.7 Å². The number of nitrogens with zero attached hydrogens (tertiary/aromatic N) is 3. The van der Waals surface area contributed by atoms with E-state index in [2.05, 4.69) is 37.0 Å². The number of carbonyl (C=O) groups is 1. The largest absolute Gasteiger partial charge is 0.405 e. The summed E-state index contributed by atoms with van der Waals surface area (Å²) in [5.41, 5.74) is 2.68. The number of nitrogens with one attached hydrogen (secondary N) is 4. The Hall–Kier alpha value is -3.80.